The number of nitriles is 1. The third-order valence-electron chi connectivity index (χ3n) is 4.54. The smallest absolute Gasteiger partial charge is 0.0991 e. The Kier molecular flexibility index (Phi) is 3.22. The molecule has 1 aromatic rings. The molecule has 3 aliphatic rings. The number of hydrogen-bond acceptors (Lipinski definition) is 3. The summed E-state index contributed by atoms with van der Waals surface area (Å²) in [5, 5.41) is 14.0. The van der Waals surface area contributed by atoms with Crippen LogP contribution in [0, 0.1) is 11.3 Å². The Morgan fingerprint density at radius 1 is 1.00 bits per heavy atom. The van der Waals surface area contributed by atoms with Crippen molar-refractivity contribution in [2.75, 3.05) is 5.01 Å². The monoisotopic (exact) mass is 269 g/mol. The van der Waals surface area contributed by atoms with Gasteiger partial charge in [-0.05, 0) is 70.7 Å². The van der Waals surface area contributed by atoms with Crippen molar-refractivity contribution in [2.24, 2.45) is 0 Å². The molecule has 2 aliphatic heterocycles. The normalized spacial score (nSPS) is 26.6. The fourth-order valence-corrected chi connectivity index (χ4v) is 3.79. The fourth-order valence-electron chi connectivity index (χ4n) is 3.79. The van der Waals surface area contributed by atoms with Crippen LogP contribution in [0.1, 0.15) is 52.0 Å². The lowest BCUT2D eigenvalue weighted by Gasteiger charge is -2.59. The van der Waals surface area contributed by atoms with Crippen molar-refractivity contribution in [2.45, 2.75) is 64.1 Å². The standard InChI is InChI=1S/C17H23N3/c1-17(2,3)20-16-10-8-15(9-11-16)19(20)14-6-4-13(12-18)5-7-14/h4-7,15-16H,8-11H2,1-3H3. The fraction of sp³-hybridized carbons (Fsp3) is 0.588. The molecule has 3 heteroatoms. The molecule has 2 bridgehead atoms. The van der Waals surface area contributed by atoms with Crippen LogP contribution in [0.5, 0.6) is 0 Å². The van der Waals surface area contributed by atoms with Gasteiger partial charge in [-0.1, -0.05) is 0 Å². The summed E-state index contributed by atoms with van der Waals surface area (Å²) < 4.78 is 0. The van der Waals surface area contributed by atoms with E-state index in [4.69, 9.17) is 5.26 Å². The molecule has 0 N–H and O–H groups in total. The largest absolute Gasteiger partial charge is 0.302 e. The first-order valence-corrected chi connectivity index (χ1v) is 7.59. The molecule has 1 saturated carbocycles. The molecule has 20 heavy (non-hydrogen) atoms. The van der Waals surface area contributed by atoms with Gasteiger partial charge in [0, 0.05) is 17.6 Å². The molecule has 0 radical (unpaired) electrons. The zero-order valence-electron chi connectivity index (χ0n) is 12.6. The summed E-state index contributed by atoms with van der Waals surface area (Å²) in [6.45, 7) is 6.89. The second kappa shape index (κ2) is 4.79. The van der Waals surface area contributed by atoms with Gasteiger partial charge >= 0.3 is 0 Å². The third-order valence-corrected chi connectivity index (χ3v) is 4.54. The molecule has 1 aliphatic carbocycles. The quantitative estimate of drug-likeness (QED) is 0.778. The summed E-state index contributed by atoms with van der Waals surface area (Å²) in [5.74, 6) is 0. The highest BCUT2D eigenvalue weighted by atomic mass is 15.7. The zero-order chi connectivity index (χ0) is 14.3. The minimum absolute atomic E-state index is 0.137. The summed E-state index contributed by atoms with van der Waals surface area (Å²) in [6.07, 6.45) is 5.21. The molecule has 0 aromatic heterocycles. The lowest BCUT2D eigenvalue weighted by atomic mass is 9.84. The molecule has 0 atom stereocenters. The average Bonchev–Trinajstić information content (AvgIpc) is 2.46. The molecular weight excluding hydrogens is 246 g/mol. The Balaban J connectivity index is 1.97. The molecule has 0 spiro atoms. The summed E-state index contributed by atoms with van der Waals surface area (Å²) in [6, 6.07) is 11.5. The highest BCUT2D eigenvalue weighted by Gasteiger charge is 2.44. The SMILES string of the molecule is CC(C)(C)N1C2CCC(CC2)N1c1ccc(C#N)cc1. The summed E-state index contributed by atoms with van der Waals surface area (Å²) in [5.41, 5.74) is 2.10. The van der Waals surface area contributed by atoms with E-state index in [0.717, 1.165) is 5.56 Å². The van der Waals surface area contributed by atoms with Crippen LogP contribution in [-0.2, 0) is 0 Å². The third kappa shape index (κ3) is 2.19. The zero-order valence-corrected chi connectivity index (χ0v) is 12.6. The predicted octanol–water partition coefficient (Wildman–Crippen LogP) is 3.70. The first-order chi connectivity index (χ1) is 9.50. The number of benzene rings is 1. The Hall–Kier alpha value is -1.53. The van der Waals surface area contributed by atoms with Crippen molar-refractivity contribution in [3.8, 4) is 6.07 Å². The van der Waals surface area contributed by atoms with Crippen LogP contribution in [-0.4, -0.2) is 22.6 Å². The number of hydrazine groups is 1. The first-order valence-electron chi connectivity index (χ1n) is 7.59. The topological polar surface area (TPSA) is 30.3 Å². The van der Waals surface area contributed by atoms with Crippen LogP contribution in [0.15, 0.2) is 24.3 Å². The van der Waals surface area contributed by atoms with Crippen molar-refractivity contribution in [1.29, 1.82) is 5.26 Å². The Morgan fingerprint density at radius 3 is 2.05 bits per heavy atom. The molecule has 106 valence electrons. The van der Waals surface area contributed by atoms with Gasteiger partial charge in [0.25, 0.3) is 0 Å². The number of hydrogen-bond donors (Lipinski definition) is 0. The maximum Gasteiger partial charge on any atom is 0.0991 e. The molecule has 2 heterocycles. The second-order valence-electron chi connectivity index (χ2n) is 6.98. The van der Waals surface area contributed by atoms with Gasteiger partial charge in [0.15, 0.2) is 0 Å². The minimum Gasteiger partial charge on any atom is -0.302 e. The molecule has 4 rings (SSSR count). The van der Waals surface area contributed by atoms with E-state index in [0.29, 0.717) is 12.1 Å². The number of anilines is 1. The van der Waals surface area contributed by atoms with Gasteiger partial charge in [0.1, 0.15) is 0 Å². The van der Waals surface area contributed by atoms with Gasteiger partial charge < -0.3 is 5.01 Å². The molecule has 0 amide bonds. The predicted molar refractivity (Wildman–Crippen MR) is 81.3 cm³/mol. The van der Waals surface area contributed by atoms with Crippen molar-refractivity contribution in [1.82, 2.24) is 5.01 Å². The molecule has 3 nitrogen and oxygen atoms in total. The van der Waals surface area contributed by atoms with Gasteiger partial charge in [-0.15, -0.1) is 0 Å². The number of rotatable bonds is 1. The van der Waals surface area contributed by atoms with E-state index in [2.05, 4.69) is 49.0 Å². The maximum absolute atomic E-state index is 8.95. The van der Waals surface area contributed by atoms with Gasteiger partial charge in [0.05, 0.1) is 17.3 Å². The van der Waals surface area contributed by atoms with Gasteiger partial charge in [0.2, 0.25) is 0 Å². The van der Waals surface area contributed by atoms with E-state index in [9.17, 15) is 0 Å². The van der Waals surface area contributed by atoms with E-state index < -0.39 is 0 Å². The lowest BCUT2D eigenvalue weighted by Crippen LogP contribution is -2.67. The van der Waals surface area contributed by atoms with Gasteiger partial charge in [-0.25, -0.2) is 5.01 Å². The van der Waals surface area contributed by atoms with Crippen LogP contribution >= 0.6 is 0 Å². The van der Waals surface area contributed by atoms with Crippen molar-refractivity contribution in [3.63, 3.8) is 0 Å². The van der Waals surface area contributed by atoms with Crippen LogP contribution in [0.25, 0.3) is 0 Å². The Labute approximate surface area is 121 Å². The van der Waals surface area contributed by atoms with E-state index in [1.807, 2.05) is 12.1 Å². The molecule has 2 saturated heterocycles. The second-order valence-corrected chi connectivity index (χ2v) is 6.98. The maximum atomic E-state index is 8.95. The molecule has 1 aromatic carbocycles. The molecular formula is C17H23N3. The van der Waals surface area contributed by atoms with Crippen molar-refractivity contribution < 1.29 is 0 Å². The molecule has 0 unspecified atom stereocenters. The number of nitrogens with zero attached hydrogens (tertiary/aromatic N) is 3. The Morgan fingerprint density at radius 2 is 1.55 bits per heavy atom. The number of fused-ring (bicyclic) bond motifs is 3. The lowest BCUT2D eigenvalue weighted by molar-refractivity contribution is -0.0143. The summed E-state index contributed by atoms with van der Waals surface area (Å²) >= 11 is 0. The highest BCUT2D eigenvalue weighted by Crippen LogP contribution is 2.42. The van der Waals surface area contributed by atoms with Crippen LogP contribution in [0.2, 0.25) is 0 Å². The average molecular weight is 269 g/mol. The Bertz CT molecular complexity index is 513. The minimum atomic E-state index is 0.137. The van der Waals surface area contributed by atoms with Gasteiger partial charge in [-0.2, -0.15) is 5.26 Å². The summed E-state index contributed by atoms with van der Waals surface area (Å²) in [4.78, 5) is 0. The summed E-state index contributed by atoms with van der Waals surface area (Å²) in [7, 11) is 0. The van der Waals surface area contributed by atoms with Crippen LogP contribution in [0.4, 0.5) is 5.69 Å². The van der Waals surface area contributed by atoms with Crippen LogP contribution in [0.3, 0.4) is 0 Å². The van der Waals surface area contributed by atoms with Gasteiger partial charge in [-0.3, -0.25) is 0 Å². The van der Waals surface area contributed by atoms with Crippen molar-refractivity contribution >= 4 is 5.69 Å². The van der Waals surface area contributed by atoms with E-state index >= 15 is 0 Å². The van der Waals surface area contributed by atoms with Crippen LogP contribution < -0.4 is 5.01 Å². The van der Waals surface area contributed by atoms with E-state index in [1.165, 1.54) is 31.4 Å². The highest BCUT2D eigenvalue weighted by molar-refractivity contribution is 5.50. The van der Waals surface area contributed by atoms with Crippen molar-refractivity contribution in [3.05, 3.63) is 29.8 Å². The molecule has 3 fully saturated rings. The van der Waals surface area contributed by atoms with E-state index in [1.54, 1.807) is 0 Å². The van der Waals surface area contributed by atoms with E-state index in [-0.39, 0.29) is 5.54 Å². The first kappa shape index (κ1) is 13.5.